The van der Waals surface area contributed by atoms with Gasteiger partial charge in [-0.1, -0.05) is 12.1 Å². The highest BCUT2D eigenvalue weighted by molar-refractivity contribution is 7.71. The lowest BCUT2D eigenvalue weighted by atomic mass is 10.2. The first-order chi connectivity index (χ1) is 11.1. The number of pyridine rings is 1. The second kappa shape index (κ2) is 6.36. The number of rotatable bonds is 5. The van der Waals surface area contributed by atoms with Crippen molar-refractivity contribution >= 4 is 17.9 Å². The molecule has 0 aliphatic rings. The molecule has 0 aliphatic heterocycles. The number of non-ortho nitro benzene ring substituents is 1. The third kappa shape index (κ3) is 3.24. The molecule has 0 saturated heterocycles. The van der Waals surface area contributed by atoms with E-state index in [9.17, 15) is 10.1 Å². The van der Waals surface area contributed by atoms with Crippen LogP contribution in [0.3, 0.4) is 0 Å². The van der Waals surface area contributed by atoms with Gasteiger partial charge in [0.15, 0.2) is 5.82 Å². The summed E-state index contributed by atoms with van der Waals surface area (Å²) in [4.78, 5) is 14.2. The van der Waals surface area contributed by atoms with Crippen LogP contribution in [-0.2, 0) is 6.54 Å². The van der Waals surface area contributed by atoms with Gasteiger partial charge in [-0.2, -0.15) is 5.10 Å². The molecule has 1 aromatic carbocycles. The van der Waals surface area contributed by atoms with Crippen molar-refractivity contribution in [3.05, 3.63) is 69.2 Å². The Morgan fingerprint density at radius 1 is 1.22 bits per heavy atom. The summed E-state index contributed by atoms with van der Waals surface area (Å²) in [6, 6.07) is 9.98. The third-order valence-electron chi connectivity index (χ3n) is 3.20. The maximum atomic E-state index is 10.7. The van der Waals surface area contributed by atoms with Crippen LogP contribution in [0.15, 0.2) is 48.8 Å². The molecule has 0 unspecified atom stereocenters. The zero-order chi connectivity index (χ0) is 16.2. The minimum atomic E-state index is -0.426. The Morgan fingerprint density at radius 3 is 2.57 bits per heavy atom. The molecule has 116 valence electrons. The molecule has 0 amide bonds. The van der Waals surface area contributed by atoms with Crippen LogP contribution in [0, 0.1) is 14.9 Å². The Hall–Kier alpha value is -3.07. The Labute approximate surface area is 135 Å². The summed E-state index contributed by atoms with van der Waals surface area (Å²) in [6.07, 6.45) is 3.35. The molecule has 0 radical (unpaired) electrons. The van der Waals surface area contributed by atoms with E-state index in [0.29, 0.717) is 17.1 Å². The normalized spacial score (nSPS) is 10.4. The topological polar surface area (TPSA) is 102 Å². The summed E-state index contributed by atoms with van der Waals surface area (Å²) in [5.74, 6) is 0.638. The van der Waals surface area contributed by atoms with Gasteiger partial charge in [0.25, 0.3) is 5.69 Å². The average Bonchev–Trinajstić information content (AvgIpc) is 2.95. The van der Waals surface area contributed by atoms with E-state index in [-0.39, 0.29) is 5.69 Å². The predicted molar refractivity (Wildman–Crippen MR) is 86.8 cm³/mol. The van der Waals surface area contributed by atoms with Crippen LogP contribution < -0.4 is 5.43 Å². The van der Waals surface area contributed by atoms with E-state index in [1.807, 2.05) is 12.1 Å². The van der Waals surface area contributed by atoms with Crippen LogP contribution in [0.4, 0.5) is 5.69 Å². The molecule has 0 atom stereocenters. The van der Waals surface area contributed by atoms with Gasteiger partial charge in [0.05, 0.1) is 11.5 Å². The number of aromatic nitrogens is 4. The molecule has 0 saturated carbocycles. The van der Waals surface area contributed by atoms with Gasteiger partial charge in [-0.3, -0.25) is 15.1 Å². The first-order valence-electron chi connectivity index (χ1n) is 6.70. The Balaban J connectivity index is 1.80. The lowest BCUT2D eigenvalue weighted by Gasteiger charge is -2.10. The molecule has 0 spiro atoms. The molecule has 2 aromatic heterocycles. The van der Waals surface area contributed by atoms with E-state index < -0.39 is 4.92 Å². The quantitative estimate of drug-likeness (QED) is 0.424. The summed E-state index contributed by atoms with van der Waals surface area (Å²) in [5.41, 5.74) is 4.97. The van der Waals surface area contributed by atoms with Gasteiger partial charge in [0.1, 0.15) is 0 Å². The number of benzene rings is 1. The molecule has 2 N–H and O–H groups in total. The second-order valence-electron chi connectivity index (χ2n) is 4.68. The van der Waals surface area contributed by atoms with Gasteiger partial charge in [-0.05, 0) is 29.9 Å². The van der Waals surface area contributed by atoms with Crippen LogP contribution >= 0.6 is 12.2 Å². The maximum Gasteiger partial charge on any atom is 0.269 e. The first kappa shape index (κ1) is 14.9. The van der Waals surface area contributed by atoms with Crippen LogP contribution in [0.5, 0.6) is 0 Å². The molecule has 3 aromatic rings. The number of aromatic amines is 1. The third-order valence-corrected chi connectivity index (χ3v) is 3.47. The average molecular weight is 328 g/mol. The van der Waals surface area contributed by atoms with Crippen molar-refractivity contribution in [2.75, 3.05) is 5.43 Å². The molecular weight excluding hydrogens is 316 g/mol. The minimum Gasteiger partial charge on any atom is -0.317 e. The molecular formula is C14H12N6O2S. The highest BCUT2D eigenvalue weighted by atomic mass is 32.1. The van der Waals surface area contributed by atoms with Crippen LogP contribution in [0.25, 0.3) is 11.4 Å². The van der Waals surface area contributed by atoms with Crippen LogP contribution in [0.2, 0.25) is 0 Å². The van der Waals surface area contributed by atoms with Gasteiger partial charge in [-0.15, -0.1) is 0 Å². The van der Waals surface area contributed by atoms with E-state index in [1.165, 1.54) is 12.1 Å². The monoisotopic (exact) mass is 328 g/mol. The van der Waals surface area contributed by atoms with Crippen molar-refractivity contribution in [1.29, 1.82) is 0 Å². The summed E-state index contributed by atoms with van der Waals surface area (Å²) >= 11 is 5.22. The highest BCUT2D eigenvalue weighted by Gasteiger charge is 2.09. The van der Waals surface area contributed by atoms with Gasteiger partial charge in [-0.25, -0.2) is 9.77 Å². The first-order valence-corrected chi connectivity index (χ1v) is 7.11. The fourth-order valence-electron chi connectivity index (χ4n) is 2.04. The van der Waals surface area contributed by atoms with E-state index in [1.54, 1.807) is 29.2 Å². The SMILES string of the molecule is O=[N+]([O-])c1ccc(CNn2c(-c3ccncc3)n[nH]c2=S)cc1. The fraction of sp³-hybridized carbons (Fsp3) is 0.0714. The summed E-state index contributed by atoms with van der Waals surface area (Å²) in [6.45, 7) is 0.448. The zero-order valence-electron chi connectivity index (χ0n) is 11.8. The number of hydrogen-bond donors (Lipinski definition) is 2. The molecule has 0 fully saturated rings. The molecule has 9 heteroatoms. The lowest BCUT2D eigenvalue weighted by Crippen LogP contribution is -2.15. The van der Waals surface area contributed by atoms with Gasteiger partial charge in [0, 0.05) is 30.1 Å². The Bertz CT molecular complexity index is 872. The Morgan fingerprint density at radius 2 is 1.91 bits per heavy atom. The molecule has 8 nitrogen and oxygen atoms in total. The summed E-state index contributed by atoms with van der Waals surface area (Å²) in [7, 11) is 0. The minimum absolute atomic E-state index is 0.0612. The highest BCUT2D eigenvalue weighted by Crippen LogP contribution is 2.16. The summed E-state index contributed by atoms with van der Waals surface area (Å²) in [5, 5.41) is 17.6. The number of nitro benzene ring substituents is 1. The van der Waals surface area contributed by atoms with Crippen LogP contribution in [0.1, 0.15) is 5.56 Å². The standard InChI is InChI=1S/C14H12N6O2S/c21-20(22)12-3-1-10(2-4-12)9-16-19-13(17-18-14(19)23)11-5-7-15-8-6-11/h1-8,16H,9H2,(H,18,23). The lowest BCUT2D eigenvalue weighted by molar-refractivity contribution is -0.384. The van der Waals surface area contributed by atoms with Crippen molar-refractivity contribution in [1.82, 2.24) is 19.9 Å². The van der Waals surface area contributed by atoms with Crippen molar-refractivity contribution in [3.63, 3.8) is 0 Å². The largest absolute Gasteiger partial charge is 0.317 e. The van der Waals surface area contributed by atoms with E-state index in [4.69, 9.17) is 12.2 Å². The number of nitrogens with zero attached hydrogens (tertiary/aromatic N) is 4. The van der Waals surface area contributed by atoms with E-state index in [0.717, 1.165) is 11.1 Å². The van der Waals surface area contributed by atoms with Crippen molar-refractivity contribution in [2.24, 2.45) is 0 Å². The maximum absolute atomic E-state index is 10.7. The number of nitro groups is 1. The van der Waals surface area contributed by atoms with Gasteiger partial charge >= 0.3 is 0 Å². The van der Waals surface area contributed by atoms with Crippen molar-refractivity contribution in [3.8, 4) is 11.4 Å². The molecule has 2 heterocycles. The van der Waals surface area contributed by atoms with Crippen molar-refractivity contribution < 1.29 is 4.92 Å². The van der Waals surface area contributed by atoms with Gasteiger partial charge < -0.3 is 5.43 Å². The fourth-order valence-corrected chi connectivity index (χ4v) is 2.24. The van der Waals surface area contributed by atoms with Crippen molar-refractivity contribution in [2.45, 2.75) is 6.54 Å². The number of nitrogens with one attached hydrogen (secondary N) is 2. The van der Waals surface area contributed by atoms with Gasteiger partial charge in [0.2, 0.25) is 4.77 Å². The predicted octanol–water partition coefficient (Wildman–Crippen LogP) is 2.65. The Kier molecular flexibility index (Phi) is 4.11. The molecule has 3 rings (SSSR count). The summed E-state index contributed by atoms with van der Waals surface area (Å²) < 4.78 is 2.09. The smallest absolute Gasteiger partial charge is 0.269 e. The number of H-pyrrole nitrogens is 1. The zero-order valence-corrected chi connectivity index (χ0v) is 12.7. The van der Waals surface area contributed by atoms with Crippen LogP contribution in [-0.4, -0.2) is 24.8 Å². The van der Waals surface area contributed by atoms with E-state index in [2.05, 4.69) is 20.6 Å². The van der Waals surface area contributed by atoms with E-state index >= 15 is 0 Å². The molecule has 23 heavy (non-hydrogen) atoms. The second-order valence-corrected chi connectivity index (χ2v) is 5.07. The molecule has 0 bridgehead atoms. The number of hydrogen-bond acceptors (Lipinski definition) is 6. The molecule has 0 aliphatic carbocycles.